The lowest BCUT2D eigenvalue weighted by molar-refractivity contribution is -0.143. The molecule has 0 saturated heterocycles. The van der Waals surface area contributed by atoms with Crippen molar-refractivity contribution in [1.82, 2.24) is 19.4 Å². The highest BCUT2D eigenvalue weighted by atomic mass is 19.4. The molecule has 0 unspecified atom stereocenters. The lowest BCUT2D eigenvalue weighted by Crippen LogP contribution is -2.13. The van der Waals surface area contributed by atoms with Gasteiger partial charge in [-0.3, -0.25) is 9.20 Å². The molecule has 0 bridgehead atoms. The van der Waals surface area contributed by atoms with Crippen molar-refractivity contribution in [2.24, 2.45) is 0 Å². The summed E-state index contributed by atoms with van der Waals surface area (Å²) < 4.78 is 92.7. The molecule has 0 amide bonds. The summed E-state index contributed by atoms with van der Waals surface area (Å²) in [4.78, 5) is 23.9. The van der Waals surface area contributed by atoms with E-state index in [1.807, 2.05) is 0 Å². The van der Waals surface area contributed by atoms with E-state index in [0.29, 0.717) is 11.2 Å². The predicted octanol–water partition coefficient (Wildman–Crippen LogP) is 5.65. The summed E-state index contributed by atoms with van der Waals surface area (Å²) >= 11 is 0. The molecular formula is C23H16F7N5O. The number of nitrogen functional groups attached to an aromatic ring is 1. The first-order valence-electron chi connectivity index (χ1n) is 10.4. The predicted molar refractivity (Wildman–Crippen MR) is 115 cm³/mol. The SMILES string of the molecule is Nc1nc(-c2ccn3c(-c4cc(CC(=O)CCC(F)(F)F)cc(C(F)(F)F)c4)cnc3c2)ncc1F. The van der Waals surface area contributed by atoms with E-state index in [1.165, 1.54) is 35.0 Å². The maximum atomic E-state index is 13.5. The summed E-state index contributed by atoms with van der Waals surface area (Å²) in [5.74, 6) is -1.87. The number of hydrogen-bond acceptors (Lipinski definition) is 5. The van der Waals surface area contributed by atoms with Crippen LogP contribution in [0.1, 0.15) is 24.0 Å². The molecule has 4 aromatic rings. The number of rotatable bonds is 6. The smallest absolute Gasteiger partial charge is 0.381 e. The number of nitrogens with two attached hydrogens (primary N) is 1. The van der Waals surface area contributed by atoms with Gasteiger partial charge in [-0.05, 0) is 35.9 Å². The molecule has 0 fully saturated rings. The van der Waals surface area contributed by atoms with E-state index in [-0.39, 0.29) is 28.5 Å². The number of alkyl halides is 6. The molecule has 36 heavy (non-hydrogen) atoms. The van der Waals surface area contributed by atoms with Gasteiger partial charge in [0.2, 0.25) is 0 Å². The average Bonchev–Trinajstić information content (AvgIpc) is 3.21. The fourth-order valence-corrected chi connectivity index (χ4v) is 3.56. The van der Waals surface area contributed by atoms with Crippen LogP contribution in [-0.2, 0) is 17.4 Å². The zero-order chi connectivity index (χ0) is 26.3. The Hall–Kier alpha value is -4.03. The summed E-state index contributed by atoms with van der Waals surface area (Å²) in [6.07, 6.45) is -8.37. The highest BCUT2D eigenvalue weighted by molar-refractivity contribution is 5.81. The number of halogens is 7. The third-order valence-electron chi connectivity index (χ3n) is 5.25. The third kappa shape index (κ3) is 5.61. The molecule has 0 aliphatic carbocycles. The Morgan fingerprint density at radius 2 is 1.72 bits per heavy atom. The van der Waals surface area contributed by atoms with Crippen molar-refractivity contribution in [2.75, 3.05) is 5.73 Å². The number of aromatic nitrogens is 4. The van der Waals surface area contributed by atoms with Crippen LogP contribution in [0.4, 0.5) is 36.6 Å². The van der Waals surface area contributed by atoms with E-state index in [4.69, 9.17) is 5.73 Å². The van der Waals surface area contributed by atoms with Crippen LogP contribution in [-0.4, -0.2) is 31.3 Å². The molecule has 0 spiro atoms. The van der Waals surface area contributed by atoms with Crippen molar-refractivity contribution < 1.29 is 35.5 Å². The minimum absolute atomic E-state index is 0.0611. The molecule has 6 nitrogen and oxygen atoms in total. The number of ketones is 1. The summed E-state index contributed by atoms with van der Waals surface area (Å²) in [7, 11) is 0. The molecule has 4 rings (SSSR count). The number of hydrogen-bond donors (Lipinski definition) is 1. The van der Waals surface area contributed by atoms with Crippen LogP contribution in [0, 0.1) is 5.82 Å². The molecule has 3 heterocycles. The Morgan fingerprint density at radius 1 is 0.972 bits per heavy atom. The first-order chi connectivity index (χ1) is 16.8. The van der Waals surface area contributed by atoms with Crippen LogP contribution < -0.4 is 5.73 Å². The number of carbonyl (C=O) groups excluding carboxylic acids is 1. The Kier molecular flexibility index (Phi) is 6.41. The van der Waals surface area contributed by atoms with E-state index < -0.39 is 48.8 Å². The maximum absolute atomic E-state index is 13.5. The molecule has 0 atom stereocenters. The molecule has 0 radical (unpaired) electrons. The van der Waals surface area contributed by atoms with Crippen molar-refractivity contribution in [2.45, 2.75) is 31.6 Å². The monoisotopic (exact) mass is 511 g/mol. The van der Waals surface area contributed by atoms with Gasteiger partial charge in [0.25, 0.3) is 0 Å². The van der Waals surface area contributed by atoms with Gasteiger partial charge >= 0.3 is 12.4 Å². The standard InChI is InChI=1S/C23H16F7N5O/c24-17-10-33-21(34-20(17)31)13-2-4-35-18(11-32-19(35)9-13)14-5-12(6-15(8-14)23(28,29)30)7-16(36)1-3-22(25,26)27/h2,4-6,8-11H,1,3,7H2,(H2,31,33,34). The van der Waals surface area contributed by atoms with Gasteiger partial charge in [-0.1, -0.05) is 0 Å². The number of nitrogens with zero attached hydrogens (tertiary/aromatic N) is 4. The number of Topliss-reactive ketones (excluding diaryl/α,β-unsaturated/α-hetero) is 1. The van der Waals surface area contributed by atoms with Crippen molar-refractivity contribution >= 4 is 17.2 Å². The first-order valence-corrected chi connectivity index (χ1v) is 10.4. The molecule has 13 heteroatoms. The van der Waals surface area contributed by atoms with Gasteiger partial charge in [0.15, 0.2) is 17.5 Å². The molecular weight excluding hydrogens is 495 g/mol. The van der Waals surface area contributed by atoms with Gasteiger partial charge in [-0.25, -0.2) is 19.3 Å². The molecule has 0 aliphatic heterocycles. The van der Waals surface area contributed by atoms with Crippen LogP contribution in [0.2, 0.25) is 0 Å². The molecule has 188 valence electrons. The highest BCUT2D eigenvalue weighted by Crippen LogP contribution is 2.34. The summed E-state index contributed by atoms with van der Waals surface area (Å²) in [5.41, 5.74) is 5.37. The lowest BCUT2D eigenvalue weighted by Gasteiger charge is -2.13. The van der Waals surface area contributed by atoms with Crippen LogP contribution in [0.15, 0.2) is 48.9 Å². The number of anilines is 1. The molecule has 0 aliphatic rings. The largest absolute Gasteiger partial charge is 0.416 e. The van der Waals surface area contributed by atoms with Gasteiger partial charge in [-0.15, -0.1) is 0 Å². The van der Waals surface area contributed by atoms with E-state index >= 15 is 0 Å². The molecule has 0 saturated carbocycles. The van der Waals surface area contributed by atoms with Crippen LogP contribution in [0.3, 0.4) is 0 Å². The number of fused-ring (bicyclic) bond motifs is 1. The Bertz CT molecular complexity index is 1440. The first kappa shape index (κ1) is 25.1. The number of imidazole rings is 1. The van der Waals surface area contributed by atoms with Gasteiger partial charge < -0.3 is 5.73 Å². The Balaban J connectivity index is 1.70. The fourth-order valence-electron chi connectivity index (χ4n) is 3.56. The van der Waals surface area contributed by atoms with Crippen molar-refractivity contribution in [3.8, 4) is 22.6 Å². The Morgan fingerprint density at radius 3 is 2.39 bits per heavy atom. The summed E-state index contributed by atoms with van der Waals surface area (Å²) in [6, 6.07) is 5.96. The van der Waals surface area contributed by atoms with Crippen molar-refractivity contribution in [3.05, 3.63) is 65.9 Å². The van der Waals surface area contributed by atoms with Crippen LogP contribution in [0.25, 0.3) is 28.3 Å². The zero-order valence-electron chi connectivity index (χ0n) is 18.2. The maximum Gasteiger partial charge on any atom is 0.416 e. The van der Waals surface area contributed by atoms with Gasteiger partial charge in [-0.2, -0.15) is 26.3 Å². The van der Waals surface area contributed by atoms with Crippen molar-refractivity contribution in [3.63, 3.8) is 0 Å². The van der Waals surface area contributed by atoms with Crippen molar-refractivity contribution in [1.29, 1.82) is 0 Å². The van der Waals surface area contributed by atoms with Gasteiger partial charge in [0.05, 0.1) is 30.1 Å². The van der Waals surface area contributed by atoms with Crippen LogP contribution >= 0.6 is 0 Å². The van der Waals surface area contributed by atoms with E-state index in [9.17, 15) is 35.5 Å². The lowest BCUT2D eigenvalue weighted by atomic mass is 9.98. The minimum atomic E-state index is -4.76. The average molecular weight is 511 g/mol. The number of carbonyl (C=O) groups is 1. The topological polar surface area (TPSA) is 86.2 Å². The second-order valence-electron chi connectivity index (χ2n) is 7.96. The van der Waals surface area contributed by atoms with Gasteiger partial charge in [0.1, 0.15) is 11.4 Å². The quantitative estimate of drug-likeness (QED) is 0.338. The van der Waals surface area contributed by atoms with Gasteiger partial charge in [0, 0.05) is 30.2 Å². The second kappa shape index (κ2) is 9.21. The second-order valence-corrected chi connectivity index (χ2v) is 7.96. The highest BCUT2D eigenvalue weighted by Gasteiger charge is 2.32. The third-order valence-corrected chi connectivity index (χ3v) is 5.25. The summed E-state index contributed by atoms with van der Waals surface area (Å²) in [6.45, 7) is 0. The number of pyridine rings is 1. The Labute approximate surface area is 198 Å². The van der Waals surface area contributed by atoms with Crippen LogP contribution in [0.5, 0.6) is 0 Å². The number of benzene rings is 1. The molecule has 1 aromatic carbocycles. The van der Waals surface area contributed by atoms with E-state index in [0.717, 1.165) is 18.3 Å². The molecule has 2 N–H and O–H groups in total. The normalized spacial score (nSPS) is 12.3. The molecule has 3 aromatic heterocycles. The van der Waals surface area contributed by atoms with E-state index in [2.05, 4.69) is 15.0 Å². The minimum Gasteiger partial charge on any atom is -0.381 e. The van der Waals surface area contributed by atoms with E-state index in [1.54, 1.807) is 0 Å². The summed E-state index contributed by atoms with van der Waals surface area (Å²) in [5, 5.41) is 0. The fraction of sp³-hybridized carbons (Fsp3) is 0.217. The zero-order valence-corrected chi connectivity index (χ0v) is 18.2.